The summed E-state index contributed by atoms with van der Waals surface area (Å²) in [6.45, 7) is 1.66. The van der Waals surface area contributed by atoms with E-state index in [1.165, 1.54) is 26.4 Å². The Morgan fingerprint density at radius 2 is 1.78 bits per heavy atom. The number of nitrogens with one attached hydrogen (secondary N) is 1. The van der Waals surface area contributed by atoms with Crippen LogP contribution in [0.3, 0.4) is 0 Å². The predicted molar refractivity (Wildman–Crippen MR) is 114 cm³/mol. The minimum Gasteiger partial charge on any atom is -0.493 e. The smallest absolute Gasteiger partial charge is 0.266 e. The largest absolute Gasteiger partial charge is 0.493 e. The number of aromatic nitrogens is 2. The van der Waals surface area contributed by atoms with Crippen LogP contribution in [0.15, 0.2) is 42.6 Å². The van der Waals surface area contributed by atoms with Gasteiger partial charge < -0.3 is 14.8 Å². The topological polar surface area (TPSA) is 71.6 Å². The van der Waals surface area contributed by atoms with E-state index < -0.39 is 23.8 Å². The van der Waals surface area contributed by atoms with Crippen molar-refractivity contribution in [3.8, 4) is 17.6 Å². The molecule has 0 bridgehead atoms. The molecule has 164 valence electrons. The lowest BCUT2D eigenvalue weighted by Crippen LogP contribution is -2.12. The van der Waals surface area contributed by atoms with E-state index in [1.54, 1.807) is 35.7 Å². The second-order valence-electron chi connectivity index (χ2n) is 7.17. The molecule has 0 radical (unpaired) electrons. The van der Waals surface area contributed by atoms with Gasteiger partial charge in [0, 0.05) is 29.3 Å². The summed E-state index contributed by atoms with van der Waals surface area (Å²) < 4.78 is 53.5. The van der Waals surface area contributed by atoms with Crippen LogP contribution >= 0.6 is 0 Å². The van der Waals surface area contributed by atoms with Crippen molar-refractivity contribution >= 4 is 22.4 Å². The first-order valence-electron chi connectivity index (χ1n) is 9.68. The zero-order chi connectivity index (χ0) is 23.0. The van der Waals surface area contributed by atoms with Crippen LogP contribution in [0.5, 0.6) is 11.5 Å². The monoisotopic (exact) mass is 440 g/mol. The van der Waals surface area contributed by atoms with E-state index in [4.69, 9.17) is 9.47 Å². The maximum Gasteiger partial charge on any atom is 0.266 e. The van der Waals surface area contributed by atoms with Gasteiger partial charge in [-0.3, -0.25) is 4.40 Å². The van der Waals surface area contributed by atoms with Gasteiger partial charge in [0.2, 0.25) is 0 Å². The maximum absolute atomic E-state index is 14.7. The molecular weight excluding hydrogens is 421 g/mol. The maximum atomic E-state index is 14.7. The number of rotatable bonds is 6. The van der Waals surface area contributed by atoms with E-state index in [1.807, 2.05) is 0 Å². The fourth-order valence-corrected chi connectivity index (χ4v) is 3.69. The summed E-state index contributed by atoms with van der Waals surface area (Å²) in [5.41, 5.74) is 1.00. The molecule has 0 spiro atoms. The molecule has 2 aromatic carbocycles. The lowest BCUT2D eigenvalue weighted by molar-refractivity contribution is 0.146. The summed E-state index contributed by atoms with van der Waals surface area (Å²) in [5.74, 6) is 0.358. The Kier molecular flexibility index (Phi) is 5.53. The van der Waals surface area contributed by atoms with Crippen LogP contribution in [-0.2, 0) is 0 Å². The predicted octanol–water partition coefficient (Wildman–Crippen LogP) is 5.63. The first-order chi connectivity index (χ1) is 15.4. The van der Waals surface area contributed by atoms with Crippen molar-refractivity contribution in [1.29, 1.82) is 5.26 Å². The summed E-state index contributed by atoms with van der Waals surface area (Å²) in [7, 11) is 3.01. The van der Waals surface area contributed by atoms with Crippen LogP contribution in [-0.4, -0.2) is 23.6 Å². The van der Waals surface area contributed by atoms with Crippen molar-refractivity contribution in [2.24, 2.45) is 0 Å². The van der Waals surface area contributed by atoms with Crippen LogP contribution < -0.4 is 14.8 Å². The number of anilines is 1. The van der Waals surface area contributed by atoms with Gasteiger partial charge in [-0.25, -0.2) is 18.2 Å². The van der Waals surface area contributed by atoms with Gasteiger partial charge in [0.15, 0.2) is 11.5 Å². The van der Waals surface area contributed by atoms with E-state index in [2.05, 4.69) is 16.4 Å². The number of alkyl halides is 2. The standard InChI is InChI=1S/C23H19F3N4O2/c1-12(14-5-4-6-15(21(14)24)22(25)26)28-23-16-8-18(31-2)19(32-3)9-17(16)30-11-13(10-27)7-20(30)29-23/h4-9,11-12,22H,1-3H3,(H,28,29). The summed E-state index contributed by atoms with van der Waals surface area (Å²) >= 11 is 0. The van der Waals surface area contributed by atoms with Gasteiger partial charge in [0.05, 0.1) is 36.9 Å². The fourth-order valence-electron chi connectivity index (χ4n) is 3.69. The minimum atomic E-state index is -2.92. The summed E-state index contributed by atoms with van der Waals surface area (Å²) in [5, 5.41) is 13.0. The van der Waals surface area contributed by atoms with Crippen molar-refractivity contribution < 1.29 is 22.6 Å². The number of benzene rings is 2. The van der Waals surface area contributed by atoms with Gasteiger partial charge in [0.25, 0.3) is 6.43 Å². The van der Waals surface area contributed by atoms with Crippen molar-refractivity contribution in [2.45, 2.75) is 19.4 Å². The molecule has 32 heavy (non-hydrogen) atoms. The lowest BCUT2D eigenvalue weighted by atomic mass is 10.0. The molecule has 4 rings (SSSR count). The van der Waals surface area contributed by atoms with Crippen LogP contribution in [0, 0.1) is 17.1 Å². The van der Waals surface area contributed by atoms with E-state index >= 15 is 0 Å². The molecule has 0 saturated heterocycles. The Balaban J connectivity index is 1.89. The van der Waals surface area contributed by atoms with Crippen LogP contribution in [0.1, 0.15) is 36.1 Å². The van der Waals surface area contributed by atoms with Crippen molar-refractivity contribution in [1.82, 2.24) is 9.38 Å². The van der Waals surface area contributed by atoms with Crippen LogP contribution in [0.2, 0.25) is 0 Å². The summed E-state index contributed by atoms with van der Waals surface area (Å²) in [6, 6.07) is 10.4. The number of hydrogen-bond donors (Lipinski definition) is 1. The third kappa shape index (κ3) is 3.54. The molecule has 9 heteroatoms. The van der Waals surface area contributed by atoms with Crippen molar-refractivity contribution in [2.75, 3.05) is 19.5 Å². The van der Waals surface area contributed by atoms with Gasteiger partial charge in [0.1, 0.15) is 23.4 Å². The molecule has 0 aliphatic heterocycles. The Morgan fingerprint density at radius 1 is 1.09 bits per heavy atom. The average Bonchev–Trinajstić information content (AvgIpc) is 3.21. The normalized spacial score (nSPS) is 12.2. The number of nitrogens with zero attached hydrogens (tertiary/aromatic N) is 3. The van der Waals surface area contributed by atoms with Gasteiger partial charge in [-0.1, -0.05) is 18.2 Å². The summed E-state index contributed by atoms with van der Waals surface area (Å²) in [4.78, 5) is 4.59. The molecule has 1 atom stereocenters. The second kappa shape index (κ2) is 8.30. The quantitative estimate of drug-likeness (QED) is 0.421. The number of nitriles is 1. The minimum absolute atomic E-state index is 0.0891. The Morgan fingerprint density at radius 3 is 2.44 bits per heavy atom. The molecule has 0 saturated carbocycles. The molecule has 4 aromatic rings. The summed E-state index contributed by atoms with van der Waals surface area (Å²) in [6.07, 6.45) is -1.27. The molecule has 0 aliphatic carbocycles. The molecule has 0 fully saturated rings. The van der Waals surface area contributed by atoms with E-state index in [0.29, 0.717) is 39.4 Å². The van der Waals surface area contributed by atoms with E-state index in [9.17, 15) is 18.4 Å². The molecule has 0 aliphatic rings. The molecule has 1 unspecified atom stereocenters. The highest BCUT2D eigenvalue weighted by molar-refractivity contribution is 5.94. The van der Waals surface area contributed by atoms with Gasteiger partial charge in [-0.05, 0) is 13.0 Å². The van der Waals surface area contributed by atoms with E-state index in [0.717, 1.165) is 6.07 Å². The number of halogens is 3. The molecule has 6 nitrogen and oxygen atoms in total. The first kappa shape index (κ1) is 21.3. The lowest BCUT2D eigenvalue weighted by Gasteiger charge is -2.19. The zero-order valence-electron chi connectivity index (χ0n) is 17.5. The first-order valence-corrected chi connectivity index (χ1v) is 9.68. The Labute approximate surface area is 181 Å². The van der Waals surface area contributed by atoms with Crippen LogP contribution in [0.4, 0.5) is 19.0 Å². The second-order valence-corrected chi connectivity index (χ2v) is 7.17. The highest BCUT2D eigenvalue weighted by Crippen LogP contribution is 2.37. The highest BCUT2D eigenvalue weighted by Gasteiger charge is 2.21. The van der Waals surface area contributed by atoms with Gasteiger partial charge >= 0.3 is 0 Å². The highest BCUT2D eigenvalue weighted by atomic mass is 19.3. The molecule has 1 N–H and O–H groups in total. The Hall–Kier alpha value is -3.93. The SMILES string of the molecule is COc1cc2c(NC(C)c3cccc(C(F)F)c3F)nc3cc(C#N)cn3c2cc1OC. The molecular formula is C23H19F3N4O2. The number of hydrogen-bond acceptors (Lipinski definition) is 5. The third-order valence-corrected chi connectivity index (χ3v) is 5.28. The van der Waals surface area contributed by atoms with E-state index in [-0.39, 0.29) is 5.56 Å². The third-order valence-electron chi connectivity index (χ3n) is 5.28. The molecule has 2 aromatic heterocycles. The zero-order valence-corrected chi connectivity index (χ0v) is 17.5. The van der Waals surface area contributed by atoms with Gasteiger partial charge in [-0.2, -0.15) is 5.26 Å². The van der Waals surface area contributed by atoms with Crippen molar-refractivity contribution in [3.63, 3.8) is 0 Å². The number of methoxy groups -OCH3 is 2. The average molecular weight is 440 g/mol. The van der Waals surface area contributed by atoms with Crippen LogP contribution in [0.25, 0.3) is 16.6 Å². The number of fused-ring (bicyclic) bond motifs is 3. The molecule has 0 amide bonds. The van der Waals surface area contributed by atoms with Crippen molar-refractivity contribution in [3.05, 3.63) is 65.1 Å². The Bertz CT molecular complexity index is 1360. The number of ether oxygens (including phenoxy) is 2. The fraction of sp³-hybridized carbons (Fsp3) is 0.217. The molecule has 2 heterocycles. The van der Waals surface area contributed by atoms with Gasteiger partial charge in [-0.15, -0.1) is 0 Å².